The summed E-state index contributed by atoms with van der Waals surface area (Å²) in [5.41, 5.74) is 0.506. The molecule has 2 atom stereocenters. The molecule has 154 valence electrons. The summed E-state index contributed by atoms with van der Waals surface area (Å²) in [6, 6.07) is 13.0. The van der Waals surface area contributed by atoms with Crippen LogP contribution in [0.5, 0.6) is 0 Å². The molecular weight excluding hydrogens is 416 g/mol. The third kappa shape index (κ3) is 5.79. The molecule has 2 aromatic rings. The fraction of sp³-hybridized carbons (Fsp3) is 0.300. The minimum atomic E-state index is -3.96. The Morgan fingerprint density at radius 3 is 2.28 bits per heavy atom. The molecule has 7 nitrogen and oxygen atoms in total. The van der Waals surface area contributed by atoms with E-state index in [2.05, 4.69) is 10.0 Å². The highest BCUT2D eigenvalue weighted by Crippen LogP contribution is 2.23. The molecule has 0 bridgehead atoms. The lowest BCUT2D eigenvalue weighted by Gasteiger charge is -2.20. The number of amides is 1. The van der Waals surface area contributed by atoms with E-state index in [1.807, 2.05) is 0 Å². The number of sulfonamides is 1. The van der Waals surface area contributed by atoms with Gasteiger partial charge in [-0.2, -0.15) is 4.72 Å². The molecule has 1 aliphatic carbocycles. The number of hydrogen-bond donors (Lipinski definition) is 2. The first-order valence-electron chi connectivity index (χ1n) is 9.10. The standard InChI is InChI=1S/C20H21ClN2O5S/c1-13(23-29(26,27)17-11-7-15(21)8-12-17)20(25)28-18(14-5-3-2-4-6-14)19(24)22-16-9-10-16/h2-8,11-13,16,18,23H,9-10H2,1H3,(H,22,24). The Labute approximate surface area is 174 Å². The summed E-state index contributed by atoms with van der Waals surface area (Å²) in [6.45, 7) is 1.36. The Morgan fingerprint density at radius 2 is 1.69 bits per heavy atom. The number of ether oxygens (including phenoxy) is 1. The number of hydrogen-bond acceptors (Lipinski definition) is 5. The van der Waals surface area contributed by atoms with Crippen LogP contribution in [-0.4, -0.2) is 32.4 Å². The van der Waals surface area contributed by atoms with Gasteiger partial charge in [0.2, 0.25) is 16.1 Å². The average molecular weight is 437 g/mol. The predicted octanol–water partition coefficient (Wildman–Crippen LogP) is 2.57. The lowest BCUT2D eigenvalue weighted by molar-refractivity contribution is -0.157. The second-order valence-corrected chi connectivity index (χ2v) is 8.96. The van der Waals surface area contributed by atoms with Crippen LogP contribution in [0.4, 0.5) is 0 Å². The van der Waals surface area contributed by atoms with E-state index in [9.17, 15) is 18.0 Å². The number of halogens is 1. The van der Waals surface area contributed by atoms with Gasteiger partial charge in [0.15, 0.2) is 0 Å². The number of carbonyl (C=O) groups excluding carboxylic acids is 2. The molecule has 0 aliphatic heterocycles. The highest BCUT2D eigenvalue weighted by Gasteiger charge is 2.32. The van der Waals surface area contributed by atoms with Crippen LogP contribution >= 0.6 is 11.6 Å². The van der Waals surface area contributed by atoms with Crippen LogP contribution in [0.1, 0.15) is 31.4 Å². The molecule has 1 saturated carbocycles. The highest BCUT2D eigenvalue weighted by molar-refractivity contribution is 7.89. The summed E-state index contributed by atoms with van der Waals surface area (Å²) < 4.78 is 32.6. The lowest BCUT2D eigenvalue weighted by Crippen LogP contribution is -2.42. The van der Waals surface area contributed by atoms with Crippen LogP contribution < -0.4 is 10.0 Å². The molecule has 2 unspecified atom stereocenters. The van der Waals surface area contributed by atoms with E-state index in [1.54, 1.807) is 30.3 Å². The molecule has 0 saturated heterocycles. The van der Waals surface area contributed by atoms with Crippen molar-refractivity contribution in [1.29, 1.82) is 0 Å². The first-order chi connectivity index (χ1) is 13.8. The summed E-state index contributed by atoms with van der Waals surface area (Å²) in [5.74, 6) is -1.29. The first-order valence-corrected chi connectivity index (χ1v) is 11.0. The molecule has 0 heterocycles. The maximum atomic E-state index is 12.6. The van der Waals surface area contributed by atoms with Crippen molar-refractivity contribution in [2.24, 2.45) is 0 Å². The third-order valence-corrected chi connectivity index (χ3v) is 6.12. The molecule has 1 amide bonds. The Bertz CT molecular complexity index is 976. The topological polar surface area (TPSA) is 102 Å². The molecule has 1 fully saturated rings. The zero-order valence-corrected chi connectivity index (χ0v) is 17.2. The van der Waals surface area contributed by atoms with Gasteiger partial charge in [-0.1, -0.05) is 41.9 Å². The Kier molecular flexibility index (Phi) is 6.56. The van der Waals surface area contributed by atoms with Crippen LogP contribution in [0, 0.1) is 0 Å². The second-order valence-electron chi connectivity index (χ2n) is 6.81. The normalized spacial score (nSPS) is 15.9. The van der Waals surface area contributed by atoms with Crippen molar-refractivity contribution in [3.63, 3.8) is 0 Å². The van der Waals surface area contributed by atoms with Gasteiger partial charge in [-0.3, -0.25) is 9.59 Å². The van der Waals surface area contributed by atoms with Gasteiger partial charge in [-0.15, -0.1) is 0 Å². The van der Waals surface area contributed by atoms with Crippen LogP contribution in [0.2, 0.25) is 5.02 Å². The summed E-state index contributed by atoms with van der Waals surface area (Å²) in [6.07, 6.45) is 0.614. The number of benzene rings is 2. The van der Waals surface area contributed by atoms with Crippen LogP contribution in [0.3, 0.4) is 0 Å². The van der Waals surface area contributed by atoms with Crippen LogP contribution in [0.15, 0.2) is 59.5 Å². The van der Waals surface area contributed by atoms with Gasteiger partial charge in [0.25, 0.3) is 5.91 Å². The predicted molar refractivity (Wildman–Crippen MR) is 108 cm³/mol. The quantitative estimate of drug-likeness (QED) is 0.619. The molecule has 0 radical (unpaired) electrons. The second kappa shape index (κ2) is 8.94. The van der Waals surface area contributed by atoms with Gasteiger partial charge in [-0.25, -0.2) is 8.42 Å². The van der Waals surface area contributed by atoms with Gasteiger partial charge in [0.05, 0.1) is 4.90 Å². The van der Waals surface area contributed by atoms with Gasteiger partial charge in [0.1, 0.15) is 6.04 Å². The van der Waals surface area contributed by atoms with E-state index >= 15 is 0 Å². The van der Waals surface area contributed by atoms with Crippen molar-refractivity contribution in [2.75, 3.05) is 0 Å². The molecule has 1 aliphatic rings. The van der Waals surface area contributed by atoms with Crippen molar-refractivity contribution < 1.29 is 22.7 Å². The van der Waals surface area contributed by atoms with Crippen molar-refractivity contribution in [3.8, 4) is 0 Å². The minimum absolute atomic E-state index is 0.0346. The molecule has 0 spiro atoms. The molecule has 2 N–H and O–H groups in total. The van der Waals surface area contributed by atoms with Gasteiger partial charge >= 0.3 is 5.97 Å². The van der Waals surface area contributed by atoms with E-state index in [0.717, 1.165) is 12.8 Å². The van der Waals surface area contributed by atoms with Gasteiger partial charge in [-0.05, 0) is 44.0 Å². The number of rotatable bonds is 8. The lowest BCUT2D eigenvalue weighted by atomic mass is 10.1. The monoisotopic (exact) mass is 436 g/mol. The van der Waals surface area contributed by atoms with E-state index in [1.165, 1.54) is 31.2 Å². The largest absolute Gasteiger partial charge is 0.446 e. The Hall–Kier alpha value is -2.42. The van der Waals surface area contributed by atoms with E-state index < -0.39 is 34.0 Å². The third-order valence-electron chi connectivity index (χ3n) is 4.31. The van der Waals surface area contributed by atoms with Crippen molar-refractivity contribution in [1.82, 2.24) is 10.0 Å². The number of carbonyl (C=O) groups is 2. The molecular formula is C20H21ClN2O5S. The van der Waals surface area contributed by atoms with E-state index in [4.69, 9.17) is 16.3 Å². The first kappa shape index (κ1) is 21.3. The fourth-order valence-electron chi connectivity index (χ4n) is 2.59. The van der Waals surface area contributed by atoms with E-state index in [0.29, 0.717) is 10.6 Å². The summed E-state index contributed by atoms with van der Waals surface area (Å²) in [5, 5.41) is 3.20. The van der Waals surface area contributed by atoms with E-state index in [-0.39, 0.29) is 10.9 Å². The summed E-state index contributed by atoms with van der Waals surface area (Å²) in [7, 11) is -3.96. The van der Waals surface area contributed by atoms with Crippen molar-refractivity contribution in [2.45, 2.75) is 42.8 Å². The van der Waals surface area contributed by atoms with Crippen LogP contribution in [0.25, 0.3) is 0 Å². The SMILES string of the molecule is CC(NS(=O)(=O)c1ccc(Cl)cc1)C(=O)OC(C(=O)NC1CC1)c1ccccc1. The summed E-state index contributed by atoms with van der Waals surface area (Å²) in [4.78, 5) is 25.1. The minimum Gasteiger partial charge on any atom is -0.446 e. The maximum Gasteiger partial charge on any atom is 0.325 e. The smallest absolute Gasteiger partial charge is 0.325 e. The Morgan fingerprint density at radius 1 is 1.07 bits per heavy atom. The fourth-order valence-corrected chi connectivity index (χ4v) is 3.90. The molecule has 2 aromatic carbocycles. The summed E-state index contributed by atoms with van der Waals surface area (Å²) >= 11 is 5.78. The highest BCUT2D eigenvalue weighted by atomic mass is 35.5. The molecule has 3 rings (SSSR count). The molecule has 0 aromatic heterocycles. The van der Waals surface area contributed by atoms with Gasteiger partial charge < -0.3 is 10.1 Å². The maximum absolute atomic E-state index is 12.6. The zero-order chi connectivity index (χ0) is 21.0. The molecule has 29 heavy (non-hydrogen) atoms. The van der Waals surface area contributed by atoms with Crippen molar-refractivity contribution in [3.05, 3.63) is 65.2 Å². The number of esters is 1. The Balaban J connectivity index is 1.71. The molecule has 9 heteroatoms. The number of nitrogens with one attached hydrogen (secondary N) is 2. The van der Waals surface area contributed by atoms with Gasteiger partial charge in [0, 0.05) is 16.6 Å². The zero-order valence-electron chi connectivity index (χ0n) is 15.7. The van der Waals surface area contributed by atoms with Crippen LogP contribution in [-0.2, 0) is 24.3 Å². The average Bonchev–Trinajstić information content (AvgIpc) is 3.50. The van der Waals surface area contributed by atoms with Crippen molar-refractivity contribution >= 4 is 33.5 Å².